The molecule has 0 aromatic heterocycles. The first kappa shape index (κ1) is 24.1. The summed E-state index contributed by atoms with van der Waals surface area (Å²) in [5, 5.41) is 2.61. The van der Waals surface area contributed by atoms with Gasteiger partial charge in [0.25, 0.3) is 17.7 Å². The van der Waals surface area contributed by atoms with Gasteiger partial charge in [-0.2, -0.15) is 0 Å². The highest BCUT2D eigenvalue weighted by atomic mass is 79.9. The Morgan fingerprint density at radius 2 is 1.97 bits per heavy atom. The molecular formula is C24H22BrN3O5S. The molecule has 3 amide bonds. The first-order valence-corrected chi connectivity index (χ1v) is 11.8. The van der Waals surface area contributed by atoms with Crippen molar-refractivity contribution in [2.75, 3.05) is 37.8 Å². The second kappa shape index (κ2) is 10.5. The normalized spacial score (nSPS) is 17.7. The van der Waals surface area contributed by atoms with Crippen LogP contribution in [0.1, 0.15) is 11.1 Å². The van der Waals surface area contributed by atoms with E-state index in [1.54, 1.807) is 29.2 Å². The summed E-state index contributed by atoms with van der Waals surface area (Å²) in [5.41, 5.74) is 2.10. The Bertz CT molecular complexity index is 1190. The summed E-state index contributed by atoms with van der Waals surface area (Å²) in [6.07, 6.45) is 1.50. The molecule has 0 radical (unpaired) electrons. The number of amides is 3. The van der Waals surface area contributed by atoms with E-state index < -0.39 is 11.8 Å². The molecule has 4 rings (SSSR count). The number of ether oxygens (including phenoxy) is 2. The van der Waals surface area contributed by atoms with Gasteiger partial charge in [0.1, 0.15) is 11.3 Å². The van der Waals surface area contributed by atoms with Crippen molar-refractivity contribution in [3.05, 3.63) is 63.6 Å². The first-order chi connectivity index (χ1) is 16.3. The molecule has 2 saturated heterocycles. The van der Waals surface area contributed by atoms with Crippen LogP contribution in [0.5, 0.6) is 5.75 Å². The number of carbonyl (C=O) groups excluding carboxylic acids is 3. The van der Waals surface area contributed by atoms with E-state index in [2.05, 4.69) is 21.2 Å². The van der Waals surface area contributed by atoms with E-state index >= 15 is 0 Å². The third-order valence-corrected chi connectivity index (χ3v) is 6.25. The lowest BCUT2D eigenvalue weighted by atomic mass is 10.1. The second-order valence-electron chi connectivity index (χ2n) is 7.77. The van der Waals surface area contributed by atoms with Crippen LogP contribution in [0.3, 0.4) is 0 Å². The third-order valence-electron chi connectivity index (χ3n) is 5.34. The van der Waals surface area contributed by atoms with Gasteiger partial charge in [-0.3, -0.25) is 24.6 Å². The molecule has 2 heterocycles. The molecule has 8 nitrogen and oxygen atoms in total. The number of thiocarbonyl (C=S) groups is 1. The first-order valence-electron chi connectivity index (χ1n) is 10.6. The summed E-state index contributed by atoms with van der Waals surface area (Å²) in [5.74, 6) is -0.706. The quantitative estimate of drug-likeness (QED) is 0.354. The van der Waals surface area contributed by atoms with Crippen molar-refractivity contribution >= 4 is 62.7 Å². The van der Waals surface area contributed by atoms with Crippen LogP contribution in [0.15, 0.2) is 52.5 Å². The van der Waals surface area contributed by atoms with Crippen molar-refractivity contribution in [1.82, 2.24) is 10.2 Å². The van der Waals surface area contributed by atoms with Crippen molar-refractivity contribution in [2.45, 2.75) is 6.92 Å². The zero-order chi connectivity index (χ0) is 24.2. The molecule has 0 bridgehead atoms. The van der Waals surface area contributed by atoms with Gasteiger partial charge < -0.3 is 14.4 Å². The number of anilines is 1. The Labute approximate surface area is 210 Å². The Balaban J connectivity index is 1.50. The highest BCUT2D eigenvalue weighted by Gasteiger charge is 2.34. The van der Waals surface area contributed by atoms with Gasteiger partial charge in [-0.25, -0.2) is 0 Å². The van der Waals surface area contributed by atoms with Crippen LogP contribution in [0.25, 0.3) is 6.08 Å². The molecule has 0 atom stereocenters. The zero-order valence-corrected chi connectivity index (χ0v) is 20.8. The van der Waals surface area contributed by atoms with Crippen molar-refractivity contribution in [3.63, 3.8) is 0 Å². The number of hydrogen-bond donors (Lipinski definition) is 1. The highest BCUT2D eigenvalue weighted by molar-refractivity contribution is 9.10. The highest BCUT2D eigenvalue weighted by Crippen LogP contribution is 2.28. The molecular weight excluding hydrogens is 522 g/mol. The summed E-state index contributed by atoms with van der Waals surface area (Å²) in [6, 6.07) is 12.4. The molecule has 0 spiro atoms. The van der Waals surface area contributed by atoms with Crippen molar-refractivity contribution in [3.8, 4) is 5.75 Å². The number of carbonyl (C=O) groups is 3. The van der Waals surface area contributed by atoms with Gasteiger partial charge >= 0.3 is 0 Å². The van der Waals surface area contributed by atoms with Crippen LogP contribution in [-0.4, -0.2) is 60.6 Å². The maximum Gasteiger partial charge on any atom is 0.270 e. The molecule has 10 heteroatoms. The van der Waals surface area contributed by atoms with Gasteiger partial charge in [0.2, 0.25) is 0 Å². The smallest absolute Gasteiger partial charge is 0.270 e. The van der Waals surface area contributed by atoms with Crippen LogP contribution in [0, 0.1) is 6.92 Å². The number of hydrogen-bond acceptors (Lipinski definition) is 6. The lowest BCUT2D eigenvalue weighted by Crippen LogP contribution is -2.54. The van der Waals surface area contributed by atoms with Gasteiger partial charge in [0, 0.05) is 13.1 Å². The van der Waals surface area contributed by atoms with Crippen LogP contribution >= 0.6 is 28.1 Å². The standard InChI is InChI=1S/C24H22BrN3O5S/c1-15-3-2-4-17(11-15)28-23(31)18(22(30)26-24(28)34)12-16-5-6-20(19(25)13-16)33-14-21(29)27-7-9-32-10-8-27/h2-6,11-13H,7-10,14H2,1H3,(H,26,30,34)/b18-12+. The maximum atomic E-state index is 13.2. The molecule has 1 N–H and O–H groups in total. The van der Waals surface area contributed by atoms with Gasteiger partial charge in [-0.15, -0.1) is 0 Å². The summed E-state index contributed by atoms with van der Waals surface area (Å²) in [6.45, 7) is 3.97. The molecule has 0 unspecified atom stereocenters. The topological polar surface area (TPSA) is 88.2 Å². The number of rotatable bonds is 5. The number of halogens is 1. The lowest BCUT2D eigenvalue weighted by Gasteiger charge is -2.29. The van der Waals surface area contributed by atoms with Gasteiger partial charge in [-0.1, -0.05) is 18.2 Å². The number of morpholine rings is 1. The molecule has 0 saturated carbocycles. The largest absolute Gasteiger partial charge is 0.483 e. The Morgan fingerprint density at radius 1 is 1.21 bits per heavy atom. The van der Waals surface area contributed by atoms with Gasteiger partial charge in [0.15, 0.2) is 11.7 Å². The van der Waals surface area contributed by atoms with Crippen LogP contribution in [0.4, 0.5) is 5.69 Å². The predicted octanol–water partition coefficient (Wildman–Crippen LogP) is 2.83. The van der Waals surface area contributed by atoms with E-state index in [0.29, 0.717) is 47.8 Å². The van der Waals surface area contributed by atoms with Crippen LogP contribution < -0.4 is 15.0 Å². The lowest BCUT2D eigenvalue weighted by molar-refractivity contribution is -0.137. The minimum Gasteiger partial charge on any atom is -0.483 e. The van der Waals surface area contributed by atoms with E-state index in [1.165, 1.54) is 11.0 Å². The number of nitrogens with one attached hydrogen (secondary N) is 1. The average molecular weight is 544 g/mol. The molecule has 34 heavy (non-hydrogen) atoms. The predicted molar refractivity (Wildman–Crippen MR) is 134 cm³/mol. The van der Waals surface area contributed by atoms with Crippen LogP contribution in [0.2, 0.25) is 0 Å². The molecule has 0 aliphatic carbocycles. The average Bonchev–Trinajstić information content (AvgIpc) is 2.81. The molecule has 2 fully saturated rings. The van der Waals surface area contributed by atoms with Crippen molar-refractivity contribution < 1.29 is 23.9 Å². The fraction of sp³-hybridized carbons (Fsp3) is 0.250. The van der Waals surface area contributed by atoms with E-state index in [-0.39, 0.29) is 23.2 Å². The summed E-state index contributed by atoms with van der Waals surface area (Å²) in [4.78, 5) is 41.0. The Hall–Kier alpha value is -3.08. The number of aryl methyl sites for hydroxylation is 1. The van der Waals surface area contributed by atoms with Crippen molar-refractivity contribution in [2.24, 2.45) is 0 Å². The van der Waals surface area contributed by atoms with Crippen molar-refractivity contribution in [1.29, 1.82) is 0 Å². The monoisotopic (exact) mass is 543 g/mol. The van der Waals surface area contributed by atoms with E-state index in [0.717, 1.165) is 5.56 Å². The number of benzene rings is 2. The maximum absolute atomic E-state index is 13.2. The van der Waals surface area contributed by atoms with E-state index in [4.69, 9.17) is 21.7 Å². The van der Waals surface area contributed by atoms with Gasteiger partial charge in [0.05, 0.1) is 23.4 Å². The minimum atomic E-state index is -0.563. The second-order valence-corrected chi connectivity index (χ2v) is 9.01. The zero-order valence-electron chi connectivity index (χ0n) is 18.4. The Morgan fingerprint density at radius 3 is 2.68 bits per heavy atom. The van der Waals surface area contributed by atoms with Crippen LogP contribution in [-0.2, 0) is 19.1 Å². The van der Waals surface area contributed by atoms with E-state index in [9.17, 15) is 14.4 Å². The van der Waals surface area contributed by atoms with Gasteiger partial charge in [-0.05, 0) is 76.5 Å². The van der Waals surface area contributed by atoms with E-state index in [1.807, 2.05) is 25.1 Å². The minimum absolute atomic E-state index is 0.0348. The fourth-order valence-corrected chi connectivity index (χ4v) is 4.39. The molecule has 2 aromatic rings. The molecule has 2 aliphatic heterocycles. The molecule has 2 aromatic carbocycles. The Kier molecular flexibility index (Phi) is 7.40. The summed E-state index contributed by atoms with van der Waals surface area (Å²) < 4.78 is 11.5. The summed E-state index contributed by atoms with van der Waals surface area (Å²) in [7, 11) is 0. The molecule has 2 aliphatic rings. The molecule has 176 valence electrons. The number of nitrogens with zero attached hydrogens (tertiary/aromatic N) is 2. The SMILES string of the molecule is Cc1cccc(N2C(=O)/C(=C/c3ccc(OCC(=O)N4CCOCC4)c(Br)c3)C(=O)NC2=S)c1. The summed E-state index contributed by atoms with van der Waals surface area (Å²) >= 11 is 8.68. The fourth-order valence-electron chi connectivity index (χ4n) is 3.59. The third kappa shape index (κ3) is 5.35.